The zero-order valence-electron chi connectivity index (χ0n) is 7.46. The van der Waals surface area contributed by atoms with E-state index >= 15 is 0 Å². The van der Waals surface area contributed by atoms with E-state index in [1.807, 2.05) is 6.07 Å². The smallest absolute Gasteiger partial charge is 0.120 e. The van der Waals surface area contributed by atoms with Crippen LogP contribution in [0.2, 0.25) is 5.02 Å². The van der Waals surface area contributed by atoms with E-state index in [-0.39, 0.29) is 0 Å². The fourth-order valence-electron chi connectivity index (χ4n) is 2.14. The molecule has 1 N–H and O–H groups in total. The zero-order chi connectivity index (χ0) is 9.26. The third-order valence-corrected chi connectivity index (χ3v) is 3.12. The Bertz CT molecular complexity index is 283. The highest BCUT2D eigenvalue weighted by Gasteiger charge is 2.21. The van der Waals surface area contributed by atoms with Crippen molar-refractivity contribution in [1.82, 2.24) is 0 Å². The van der Waals surface area contributed by atoms with Crippen molar-refractivity contribution < 1.29 is 5.11 Å². The molecule has 0 aliphatic heterocycles. The van der Waals surface area contributed by atoms with Gasteiger partial charge in [0.15, 0.2) is 0 Å². The quantitative estimate of drug-likeness (QED) is 0.726. The van der Waals surface area contributed by atoms with Gasteiger partial charge in [0.05, 0.1) is 0 Å². The first-order valence-electron chi connectivity index (χ1n) is 4.76. The van der Waals surface area contributed by atoms with Gasteiger partial charge in [-0.05, 0) is 30.9 Å². The van der Waals surface area contributed by atoms with E-state index in [2.05, 4.69) is 0 Å². The number of benzene rings is 1. The number of aromatic hydroxyl groups is 1. The first-order chi connectivity index (χ1) is 6.29. The van der Waals surface area contributed by atoms with Crippen LogP contribution in [0.3, 0.4) is 0 Å². The van der Waals surface area contributed by atoms with Gasteiger partial charge >= 0.3 is 0 Å². The van der Waals surface area contributed by atoms with Crippen LogP contribution in [0, 0.1) is 0 Å². The van der Waals surface area contributed by atoms with Crippen molar-refractivity contribution >= 4 is 11.6 Å². The SMILES string of the molecule is Oc1cccc(Cl)c1C1CCCC1. The Kier molecular flexibility index (Phi) is 2.45. The van der Waals surface area contributed by atoms with Crippen LogP contribution in [0.25, 0.3) is 0 Å². The molecule has 1 nitrogen and oxygen atoms in total. The van der Waals surface area contributed by atoms with Crippen molar-refractivity contribution in [2.75, 3.05) is 0 Å². The monoisotopic (exact) mass is 196 g/mol. The summed E-state index contributed by atoms with van der Waals surface area (Å²) in [5.41, 5.74) is 0.960. The molecule has 0 unspecified atom stereocenters. The molecule has 0 radical (unpaired) electrons. The molecule has 1 aromatic rings. The van der Waals surface area contributed by atoms with Crippen LogP contribution < -0.4 is 0 Å². The van der Waals surface area contributed by atoms with Gasteiger partial charge in [-0.2, -0.15) is 0 Å². The Hall–Kier alpha value is -0.690. The summed E-state index contributed by atoms with van der Waals surface area (Å²) in [6, 6.07) is 5.37. The molecule has 1 saturated carbocycles. The number of hydrogen-bond donors (Lipinski definition) is 1. The van der Waals surface area contributed by atoms with E-state index in [9.17, 15) is 5.11 Å². The topological polar surface area (TPSA) is 20.2 Å². The van der Waals surface area contributed by atoms with Gasteiger partial charge in [0.25, 0.3) is 0 Å². The third kappa shape index (κ3) is 1.66. The summed E-state index contributed by atoms with van der Waals surface area (Å²) in [6.45, 7) is 0. The lowest BCUT2D eigenvalue weighted by Crippen LogP contribution is -1.93. The molecule has 0 heterocycles. The minimum atomic E-state index is 0.361. The van der Waals surface area contributed by atoms with Gasteiger partial charge in [-0.3, -0.25) is 0 Å². The maximum absolute atomic E-state index is 9.67. The molecule has 1 aliphatic rings. The van der Waals surface area contributed by atoms with Crippen LogP contribution >= 0.6 is 11.6 Å². The number of rotatable bonds is 1. The lowest BCUT2D eigenvalue weighted by Gasteiger charge is -2.12. The van der Waals surface area contributed by atoms with Crippen LogP contribution in [-0.2, 0) is 0 Å². The van der Waals surface area contributed by atoms with Crippen LogP contribution in [0.15, 0.2) is 18.2 Å². The van der Waals surface area contributed by atoms with E-state index in [0.29, 0.717) is 16.7 Å². The van der Waals surface area contributed by atoms with Gasteiger partial charge in [-0.1, -0.05) is 30.5 Å². The molecule has 0 bridgehead atoms. The molecule has 70 valence electrons. The molecular formula is C11H13ClO. The van der Waals surface area contributed by atoms with Gasteiger partial charge in [-0.15, -0.1) is 0 Å². The van der Waals surface area contributed by atoms with Crippen LogP contribution in [0.1, 0.15) is 37.2 Å². The summed E-state index contributed by atoms with van der Waals surface area (Å²) < 4.78 is 0. The first kappa shape index (κ1) is 8.89. The predicted octanol–water partition coefficient (Wildman–Crippen LogP) is 3.70. The molecular weight excluding hydrogens is 184 g/mol. The first-order valence-corrected chi connectivity index (χ1v) is 5.14. The fourth-order valence-corrected chi connectivity index (χ4v) is 2.47. The maximum atomic E-state index is 9.67. The minimum absolute atomic E-state index is 0.361. The summed E-state index contributed by atoms with van der Waals surface area (Å²) in [6.07, 6.45) is 4.85. The molecule has 1 aliphatic carbocycles. The normalized spacial score (nSPS) is 17.9. The second-order valence-electron chi connectivity index (χ2n) is 3.65. The number of halogens is 1. The van der Waals surface area contributed by atoms with Crippen molar-refractivity contribution in [1.29, 1.82) is 0 Å². The van der Waals surface area contributed by atoms with Crippen LogP contribution in [-0.4, -0.2) is 5.11 Å². The van der Waals surface area contributed by atoms with E-state index in [1.54, 1.807) is 12.1 Å². The Labute approximate surface area is 83.3 Å². The molecule has 13 heavy (non-hydrogen) atoms. The summed E-state index contributed by atoms with van der Waals surface area (Å²) >= 11 is 6.05. The highest BCUT2D eigenvalue weighted by molar-refractivity contribution is 6.31. The van der Waals surface area contributed by atoms with Gasteiger partial charge < -0.3 is 5.11 Å². The van der Waals surface area contributed by atoms with Crippen molar-refractivity contribution in [2.24, 2.45) is 0 Å². The van der Waals surface area contributed by atoms with Crippen LogP contribution in [0.4, 0.5) is 0 Å². The molecule has 2 rings (SSSR count). The van der Waals surface area contributed by atoms with Crippen molar-refractivity contribution in [3.05, 3.63) is 28.8 Å². The van der Waals surface area contributed by atoms with E-state index in [4.69, 9.17) is 11.6 Å². The van der Waals surface area contributed by atoms with Crippen molar-refractivity contribution in [2.45, 2.75) is 31.6 Å². The Morgan fingerprint density at radius 3 is 2.54 bits per heavy atom. The van der Waals surface area contributed by atoms with Gasteiger partial charge in [0.2, 0.25) is 0 Å². The zero-order valence-corrected chi connectivity index (χ0v) is 8.22. The van der Waals surface area contributed by atoms with Gasteiger partial charge in [0.1, 0.15) is 5.75 Å². The highest BCUT2D eigenvalue weighted by Crippen LogP contribution is 2.41. The molecule has 1 aromatic carbocycles. The molecule has 0 atom stereocenters. The maximum Gasteiger partial charge on any atom is 0.120 e. The molecule has 0 aromatic heterocycles. The second-order valence-corrected chi connectivity index (χ2v) is 4.06. The fraction of sp³-hybridized carbons (Fsp3) is 0.455. The third-order valence-electron chi connectivity index (χ3n) is 2.79. The molecule has 0 spiro atoms. The van der Waals surface area contributed by atoms with Gasteiger partial charge in [-0.25, -0.2) is 0 Å². The van der Waals surface area contributed by atoms with E-state index in [1.165, 1.54) is 12.8 Å². The lowest BCUT2D eigenvalue weighted by molar-refractivity contribution is 0.461. The summed E-state index contributed by atoms with van der Waals surface area (Å²) in [4.78, 5) is 0. The minimum Gasteiger partial charge on any atom is -0.508 e. The van der Waals surface area contributed by atoms with Crippen molar-refractivity contribution in [3.8, 4) is 5.75 Å². The molecule has 0 amide bonds. The van der Waals surface area contributed by atoms with Gasteiger partial charge in [0, 0.05) is 10.6 Å². The molecule has 0 saturated heterocycles. The Morgan fingerprint density at radius 2 is 1.92 bits per heavy atom. The average Bonchev–Trinajstić information content (AvgIpc) is 2.57. The number of phenols is 1. The second kappa shape index (κ2) is 3.59. The summed E-state index contributed by atoms with van der Waals surface area (Å²) in [5.74, 6) is 0.841. The number of phenolic OH excluding ortho intramolecular Hbond substituents is 1. The largest absolute Gasteiger partial charge is 0.508 e. The van der Waals surface area contributed by atoms with E-state index in [0.717, 1.165) is 18.4 Å². The Morgan fingerprint density at radius 1 is 1.23 bits per heavy atom. The lowest BCUT2D eigenvalue weighted by atomic mass is 9.97. The van der Waals surface area contributed by atoms with E-state index < -0.39 is 0 Å². The van der Waals surface area contributed by atoms with Crippen LogP contribution in [0.5, 0.6) is 5.75 Å². The summed E-state index contributed by atoms with van der Waals surface area (Å²) in [5, 5.41) is 10.4. The summed E-state index contributed by atoms with van der Waals surface area (Å²) in [7, 11) is 0. The predicted molar refractivity (Wildman–Crippen MR) is 54.3 cm³/mol. The number of hydrogen-bond acceptors (Lipinski definition) is 1. The Balaban J connectivity index is 2.37. The highest BCUT2D eigenvalue weighted by atomic mass is 35.5. The standard InChI is InChI=1S/C11H13ClO/c12-9-6-3-7-10(13)11(9)8-4-1-2-5-8/h3,6-8,13H,1-2,4-5H2. The van der Waals surface area contributed by atoms with Crippen molar-refractivity contribution in [3.63, 3.8) is 0 Å². The molecule has 1 fully saturated rings. The molecule has 2 heteroatoms. The average molecular weight is 197 g/mol.